The maximum atomic E-state index is 13.5. The second-order valence-electron chi connectivity index (χ2n) is 9.30. The molecule has 5 nitrogen and oxygen atoms in total. The lowest BCUT2D eigenvalue weighted by Crippen LogP contribution is -2.54. The van der Waals surface area contributed by atoms with Crippen molar-refractivity contribution < 1.29 is 4.79 Å². The second kappa shape index (κ2) is 6.45. The summed E-state index contributed by atoms with van der Waals surface area (Å²) in [4.78, 5) is 19.4. The van der Waals surface area contributed by atoms with Gasteiger partial charge in [-0.3, -0.25) is 4.79 Å². The molecule has 0 saturated carbocycles. The third kappa shape index (κ3) is 2.68. The van der Waals surface area contributed by atoms with Crippen LogP contribution in [-0.2, 0) is 5.41 Å². The number of fused-ring (bicyclic) bond motifs is 4. The normalized spacial score (nSPS) is 22.5. The summed E-state index contributed by atoms with van der Waals surface area (Å²) in [5.41, 5.74) is 5.77. The number of hydrogen-bond donors (Lipinski definition) is 2. The van der Waals surface area contributed by atoms with Gasteiger partial charge < -0.3 is 15.2 Å². The van der Waals surface area contributed by atoms with Crippen molar-refractivity contribution in [2.24, 2.45) is 0 Å². The van der Waals surface area contributed by atoms with E-state index in [1.807, 2.05) is 18.2 Å². The minimum atomic E-state index is -0.342. The molecule has 30 heavy (non-hydrogen) atoms. The van der Waals surface area contributed by atoms with Crippen molar-refractivity contribution >= 4 is 22.4 Å². The number of piperazine rings is 1. The minimum absolute atomic E-state index is 0.0591. The molecule has 2 aliphatic rings. The Labute approximate surface area is 176 Å². The summed E-state index contributed by atoms with van der Waals surface area (Å²) in [6.45, 7) is 10.7. The van der Waals surface area contributed by atoms with E-state index >= 15 is 0 Å². The van der Waals surface area contributed by atoms with Crippen LogP contribution in [0.1, 0.15) is 60.4 Å². The molecular weight excluding hydrogens is 372 g/mol. The summed E-state index contributed by atoms with van der Waals surface area (Å²) in [5.74, 6) is 0.0591. The van der Waals surface area contributed by atoms with Gasteiger partial charge in [-0.05, 0) is 49.7 Å². The highest BCUT2D eigenvalue weighted by atomic mass is 16.1. The van der Waals surface area contributed by atoms with E-state index < -0.39 is 0 Å². The first-order valence-electron chi connectivity index (χ1n) is 10.6. The molecule has 2 heterocycles. The Balaban J connectivity index is 1.65. The average molecular weight is 399 g/mol. The highest BCUT2D eigenvalue weighted by molar-refractivity contribution is 6.20. The Hall–Kier alpha value is -3.10. The number of hydrogen-bond acceptors (Lipinski definition) is 4. The number of benzene rings is 2. The van der Waals surface area contributed by atoms with Crippen molar-refractivity contribution in [1.29, 1.82) is 5.26 Å². The Morgan fingerprint density at radius 3 is 2.53 bits per heavy atom. The molecule has 0 unspecified atom stereocenters. The van der Waals surface area contributed by atoms with Crippen molar-refractivity contribution in [3.8, 4) is 6.07 Å². The van der Waals surface area contributed by atoms with Crippen molar-refractivity contribution in [1.82, 2.24) is 10.3 Å². The number of ketones is 1. The van der Waals surface area contributed by atoms with E-state index in [2.05, 4.69) is 61.1 Å². The number of rotatable bonds is 1. The van der Waals surface area contributed by atoms with Crippen LogP contribution >= 0.6 is 0 Å². The number of nitrogens with one attached hydrogen (secondary N) is 2. The van der Waals surface area contributed by atoms with Crippen LogP contribution in [0.15, 0.2) is 36.4 Å². The maximum absolute atomic E-state index is 13.5. The van der Waals surface area contributed by atoms with Crippen LogP contribution in [-0.4, -0.2) is 35.9 Å². The summed E-state index contributed by atoms with van der Waals surface area (Å²) in [7, 11) is 0. The number of aromatic amines is 1. The lowest BCUT2D eigenvalue weighted by Gasteiger charge is -2.39. The van der Waals surface area contributed by atoms with Crippen LogP contribution in [0.25, 0.3) is 10.9 Å². The van der Waals surface area contributed by atoms with Gasteiger partial charge in [0.15, 0.2) is 5.78 Å². The Morgan fingerprint density at radius 1 is 1.10 bits per heavy atom. The zero-order valence-electron chi connectivity index (χ0n) is 17.8. The number of anilines is 1. The van der Waals surface area contributed by atoms with E-state index in [4.69, 9.17) is 0 Å². The smallest absolute Gasteiger partial charge is 0.195 e. The molecule has 2 atom stereocenters. The number of carbonyl (C=O) groups is 1. The molecule has 0 spiro atoms. The summed E-state index contributed by atoms with van der Waals surface area (Å²) < 4.78 is 0. The standard InChI is InChI=1S/C25H26N4O/c1-14-12-29(13-15(2)27-14)17-6-8-18-20(10-17)25(3,4)24-22(23(18)30)19-7-5-16(11-26)9-21(19)28-24/h5-10,14-15,27-28H,12-13H2,1-4H3/t14-,15+. The first-order chi connectivity index (χ1) is 14.3. The van der Waals surface area contributed by atoms with Gasteiger partial charge in [-0.25, -0.2) is 0 Å². The molecule has 2 N–H and O–H groups in total. The molecule has 5 rings (SSSR count). The van der Waals surface area contributed by atoms with Crippen molar-refractivity contribution in [2.45, 2.75) is 45.2 Å². The lowest BCUT2D eigenvalue weighted by atomic mass is 9.71. The zero-order valence-corrected chi connectivity index (χ0v) is 17.8. The third-order valence-electron chi connectivity index (χ3n) is 6.62. The highest BCUT2D eigenvalue weighted by Crippen LogP contribution is 2.44. The summed E-state index contributed by atoms with van der Waals surface area (Å²) in [6.07, 6.45) is 0. The molecule has 0 bridgehead atoms. The van der Waals surface area contributed by atoms with Crippen LogP contribution in [0.2, 0.25) is 0 Å². The quantitative estimate of drug-likeness (QED) is 0.647. The van der Waals surface area contributed by atoms with Crippen LogP contribution < -0.4 is 10.2 Å². The van der Waals surface area contributed by atoms with Gasteiger partial charge in [-0.15, -0.1) is 0 Å². The molecule has 1 fully saturated rings. The molecule has 152 valence electrons. The van der Waals surface area contributed by atoms with E-state index in [-0.39, 0.29) is 11.2 Å². The van der Waals surface area contributed by atoms with Crippen LogP contribution in [0.4, 0.5) is 5.69 Å². The molecule has 1 aromatic heterocycles. The predicted octanol–water partition coefficient (Wildman–Crippen LogP) is 4.10. The van der Waals surface area contributed by atoms with Crippen molar-refractivity contribution in [2.75, 3.05) is 18.0 Å². The fourth-order valence-corrected chi connectivity index (χ4v) is 5.22. The highest BCUT2D eigenvalue weighted by Gasteiger charge is 2.40. The fraction of sp³-hybridized carbons (Fsp3) is 0.360. The first kappa shape index (κ1) is 18.9. The summed E-state index contributed by atoms with van der Waals surface area (Å²) >= 11 is 0. The zero-order chi connectivity index (χ0) is 21.2. The van der Waals surface area contributed by atoms with Crippen LogP contribution in [0.5, 0.6) is 0 Å². The Kier molecular flexibility index (Phi) is 4.06. The van der Waals surface area contributed by atoms with Gasteiger partial charge in [0, 0.05) is 58.4 Å². The summed E-state index contributed by atoms with van der Waals surface area (Å²) in [5, 5.41) is 13.7. The Morgan fingerprint density at radius 2 is 1.83 bits per heavy atom. The molecule has 0 amide bonds. The van der Waals surface area contributed by atoms with E-state index in [1.165, 1.54) is 5.69 Å². The number of H-pyrrole nitrogens is 1. The molecule has 2 aromatic carbocycles. The van der Waals surface area contributed by atoms with Gasteiger partial charge in [0.2, 0.25) is 0 Å². The van der Waals surface area contributed by atoms with E-state index in [9.17, 15) is 10.1 Å². The van der Waals surface area contributed by atoms with E-state index in [0.29, 0.717) is 17.6 Å². The fourth-order valence-electron chi connectivity index (χ4n) is 5.22. The van der Waals surface area contributed by atoms with Gasteiger partial charge >= 0.3 is 0 Å². The molecule has 5 heteroatoms. The van der Waals surface area contributed by atoms with Crippen molar-refractivity contribution in [3.05, 3.63) is 64.3 Å². The third-order valence-corrected chi connectivity index (χ3v) is 6.62. The number of aromatic nitrogens is 1. The van der Waals surface area contributed by atoms with Crippen LogP contribution in [0, 0.1) is 11.3 Å². The maximum Gasteiger partial charge on any atom is 0.195 e. The Bertz CT molecular complexity index is 1220. The largest absolute Gasteiger partial charge is 0.368 e. The minimum Gasteiger partial charge on any atom is -0.368 e. The molecule has 1 aliphatic carbocycles. The molecule has 0 radical (unpaired) electrons. The number of nitrogens with zero attached hydrogens (tertiary/aromatic N) is 2. The van der Waals surface area contributed by atoms with Crippen molar-refractivity contribution in [3.63, 3.8) is 0 Å². The van der Waals surface area contributed by atoms with Gasteiger partial charge in [0.1, 0.15) is 0 Å². The monoisotopic (exact) mass is 398 g/mol. The first-order valence-corrected chi connectivity index (χ1v) is 10.6. The SMILES string of the molecule is C[C@@H]1CN(c2ccc3c(c2)C(C)(C)c2[nH]c4cc(C#N)ccc4c2C3=O)C[C@H](C)N1. The summed E-state index contributed by atoms with van der Waals surface area (Å²) in [6, 6.07) is 14.8. The second-order valence-corrected chi connectivity index (χ2v) is 9.30. The molecule has 3 aromatic rings. The molecule has 1 saturated heterocycles. The average Bonchev–Trinajstić information content (AvgIpc) is 3.11. The lowest BCUT2D eigenvalue weighted by molar-refractivity contribution is 0.103. The van der Waals surface area contributed by atoms with Gasteiger partial charge in [-0.2, -0.15) is 5.26 Å². The predicted molar refractivity (Wildman–Crippen MR) is 119 cm³/mol. The van der Waals surface area contributed by atoms with Gasteiger partial charge in [0.05, 0.1) is 17.2 Å². The molecular formula is C25H26N4O. The molecule has 1 aliphatic heterocycles. The van der Waals surface area contributed by atoms with E-state index in [1.54, 1.807) is 6.07 Å². The van der Waals surface area contributed by atoms with Crippen LogP contribution in [0.3, 0.4) is 0 Å². The van der Waals surface area contributed by atoms with Gasteiger partial charge in [-0.1, -0.05) is 19.9 Å². The number of carbonyl (C=O) groups excluding carboxylic acids is 1. The van der Waals surface area contributed by atoms with Gasteiger partial charge in [0.25, 0.3) is 0 Å². The topological polar surface area (TPSA) is 71.9 Å². The number of nitriles is 1. The van der Waals surface area contributed by atoms with E-state index in [0.717, 1.165) is 46.4 Å².